The summed E-state index contributed by atoms with van der Waals surface area (Å²) < 4.78 is 38.0. The van der Waals surface area contributed by atoms with E-state index in [-0.39, 0.29) is 13.0 Å². The SMILES string of the molecule is NCC(Cc1cccc(Br)c1)C(F)(F)F. The summed E-state index contributed by atoms with van der Waals surface area (Å²) in [7, 11) is 0. The molecule has 0 aliphatic carbocycles. The molecular weight excluding hydrogens is 271 g/mol. The van der Waals surface area contributed by atoms with E-state index >= 15 is 0 Å². The van der Waals surface area contributed by atoms with Gasteiger partial charge in [0.05, 0.1) is 5.92 Å². The lowest BCUT2D eigenvalue weighted by Gasteiger charge is -2.18. The van der Waals surface area contributed by atoms with Crippen molar-refractivity contribution in [3.8, 4) is 0 Å². The highest BCUT2D eigenvalue weighted by atomic mass is 79.9. The summed E-state index contributed by atoms with van der Waals surface area (Å²) in [5.41, 5.74) is 5.75. The Hall–Kier alpha value is -0.550. The molecule has 0 spiro atoms. The maximum absolute atomic E-state index is 12.4. The van der Waals surface area contributed by atoms with Gasteiger partial charge in [0.25, 0.3) is 0 Å². The van der Waals surface area contributed by atoms with Crippen molar-refractivity contribution in [2.24, 2.45) is 11.7 Å². The van der Waals surface area contributed by atoms with E-state index in [2.05, 4.69) is 15.9 Å². The van der Waals surface area contributed by atoms with Crippen LogP contribution in [0.2, 0.25) is 0 Å². The average Bonchev–Trinajstić information content (AvgIpc) is 2.12. The Morgan fingerprint density at radius 3 is 2.47 bits per heavy atom. The molecule has 1 aromatic rings. The third-order valence-electron chi connectivity index (χ3n) is 2.12. The van der Waals surface area contributed by atoms with Gasteiger partial charge in [-0.3, -0.25) is 0 Å². The van der Waals surface area contributed by atoms with Crippen LogP contribution in [0.25, 0.3) is 0 Å². The van der Waals surface area contributed by atoms with Crippen molar-refractivity contribution >= 4 is 15.9 Å². The maximum atomic E-state index is 12.4. The molecule has 0 fully saturated rings. The number of rotatable bonds is 3. The Balaban J connectivity index is 2.76. The number of nitrogens with two attached hydrogens (primary N) is 1. The molecule has 0 saturated heterocycles. The van der Waals surface area contributed by atoms with Gasteiger partial charge in [-0.25, -0.2) is 0 Å². The molecule has 1 aromatic carbocycles. The number of alkyl halides is 3. The zero-order valence-electron chi connectivity index (χ0n) is 7.89. The molecule has 5 heteroatoms. The molecule has 0 aliphatic heterocycles. The van der Waals surface area contributed by atoms with Gasteiger partial charge < -0.3 is 5.73 Å². The number of benzene rings is 1. The Kier molecular flexibility index (Phi) is 4.16. The zero-order chi connectivity index (χ0) is 11.5. The van der Waals surface area contributed by atoms with Crippen molar-refractivity contribution in [2.75, 3.05) is 6.54 Å². The molecule has 1 atom stereocenters. The predicted molar refractivity (Wildman–Crippen MR) is 56.4 cm³/mol. The minimum absolute atomic E-state index is 0.0700. The first-order valence-corrected chi connectivity index (χ1v) is 5.24. The fraction of sp³-hybridized carbons (Fsp3) is 0.400. The third-order valence-corrected chi connectivity index (χ3v) is 2.61. The molecule has 0 heterocycles. The molecule has 84 valence electrons. The Morgan fingerprint density at radius 2 is 2.00 bits per heavy atom. The van der Waals surface area contributed by atoms with E-state index in [0.717, 1.165) is 4.47 Å². The highest BCUT2D eigenvalue weighted by Gasteiger charge is 2.38. The lowest BCUT2D eigenvalue weighted by atomic mass is 9.99. The van der Waals surface area contributed by atoms with Crippen LogP contribution in [0, 0.1) is 5.92 Å². The van der Waals surface area contributed by atoms with Gasteiger partial charge in [0, 0.05) is 11.0 Å². The summed E-state index contributed by atoms with van der Waals surface area (Å²) in [6, 6.07) is 6.82. The Morgan fingerprint density at radius 1 is 1.33 bits per heavy atom. The third kappa shape index (κ3) is 3.83. The van der Waals surface area contributed by atoms with Gasteiger partial charge in [-0.05, 0) is 24.1 Å². The van der Waals surface area contributed by atoms with E-state index in [0.29, 0.717) is 5.56 Å². The second-order valence-corrected chi connectivity index (χ2v) is 4.22. The minimum Gasteiger partial charge on any atom is -0.330 e. The largest absolute Gasteiger partial charge is 0.393 e. The minimum atomic E-state index is -4.23. The Labute approximate surface area is 94.6 Å². The van der Waals surface area contributed by atoms with Gasteiger partial charge in [-0.2, -0.15) is 13.2 Å². The second-order valence-electron chi connectivity index (χ2n) is 3.31. The van der Waals surface area contributed by atoms with E-state index in [4.69, 9.17) is 5.73 Å². The van der Waals surface area contributed by atoms with E-state index < -0.39 is 12.1 Å². The molecule has 1 nitrogen and oxygen atoms in total. The summed E-state index contributed by atoms with van der Waals surface area (Å²) >= 11 is 3.21. The summed E-state index contributed by atoms with van der Waals surface area (Å²) in [6.07, 6.45) is -4.30. The van der Waals surface area contributed by atoms with Crippen LogP contribution >= 0.6 is 15.9 Å². The molecule has 15 heavy (non-hydrogen) atoms. The summed E-state index contributed by atoms with van der Waals surface area (Å²) in [6.45, 7) is -0.379. The average molecular weight is 282 g/mol. The van der Waals surface area contributed by atoms with Crippen LogP contribution < -0.4 is 5.73 Å². The van der Waals surface area contributed by atoms with Crippen molar-refractivity contribution in [1.29, 1.82) is 0 Å². The van der Waals surface area contributed by atoms with Crippen molar-refractivity contribution in [3.05, 3.63) is 34.3 Å². The van der Waals surface area contributed by atoms with Gasteiger partial charge in [0.15, 0.2) is 0 Å². The quantitative estimate of drug-likeness (QED) is 0.905. The topological polar surface area (TPSA) is 26.0 Å². The van der Waals surface area contributed by atoms with Gasteiger partial charge >= 0.3 is 6.18 Å². The van der Waals surface area contributed by atoms with Crippen LogP contribution in [0.3, 0.4) is 0 Å². The summed E-state index contributed by atoms with van der Waals surface area (Å²) in [5.74, 6) is -1.47. The first-order valence-electron chi connectivity index (χ1n) is 4.44. The Bertz CT molecular complexity index is 325. The number of halogens is 4. The van der Waals surface area contributed by atoms with Crippen molar-refractivity contribution in [2.45, 2.75) is 12.6 Å². The molecule has 1 unspecified atom stereocenters. The first kappa shape index (κ1) is 12.5. The van der Waals surface area contributed by atoms with Crippen LogP contribution in [0.5, 0.6) is 0 Å². The van der Waals surface area contributed by atoms with E-state index in [9.17, 15) is 13.2 Å². The van der Waals surface area contributed by atoms with Gasteiger partial charge in [0.2, 0.25) is 0 Å². The van der Waals surface area contributed by atoms with Crippen molar-refractivity contribution in [3.63, 3.8) is 0 Å². The standard InChI is InChI=1S/C10H11BrF3N/c11-9-3-1-2-7(5-9)4-8(6-15)10(12,13)14/h1-3,5,8H,4,6,15H2. The van der Waals surface area contributed by atoms with Crippen LogP contribution in [-0.4, -0.2) is 12.7 Å². The van der Waals surface area contributed by atoms with E-state index in [1.807, 2.05) is 0 Å². The van der Waals surface area contributed by atoms with Crippen molar-refractivity contribution < 1.29 is 13.2 Å². The highest BCUT2D eigenvalue weighted by Crippen LogP contribution is 2.28. The zero-order valence-corrected chi connectivity index (χ0v) is 9.48. The lowest BCUT2D eigenvalue weighted by Crippen LogP contribution is -2.31. The molecular formula is C10H11BrF3N. The monoisotopic (exact) mass is 281 g/mol. The van der Waals surface area contributed by atoms with Crippen LogP contribution in [0.1, 0.15) is 5.56 Å². The molecule has 0 amide bonds. The molecule has 2 N–H and O–H groups in total. The van der Waals surface area contributed by atoms with E-state index in [1.54, 1.807) is 24.3 Å². The predicted octanol–water partition coefficient (Wildman–Crippen LogP) is 3.13. The molecule has 0 radical (unpaired) electrons. The maximum Gasteiger partial charge on any atom is 0.393 e. The number of hydrogen-bond donors (Lipinski definition) is 1. The molecule has 0 aliphatic rings. The molecule has 0 bridgehead atoms. The number of hydrogen-bond acceptors (Lipinski definition) is 1. The summed E-state index contributed by atoms with van der Waals surface area (Å²) in [4.78, 5) is 0. The summed E-state index contributed by atoms with van der Waals surface area (Å²) in [5, 5.41) is 0. The first-order chi connectivity index (χ1) is 6.93. The normalized spacial score (nSPS) is 13.9. The second kappa shape index (κ2) is 4.99. The molecule has 0 saturated carbocycles. The highest BCUT2D eigenvalue weighted by molar-refractivity contribution is 9.10. The smallest absolute Gasteiger partial charge is 0.330 e. The molecule has 1 rings (SSSR count). The molecule has 0 aromatic heterocycles. The van der Waals surface area contributed by atoms with Crippen molar-refractivity contribution in [1.82, 2.24) is 0 Å². The fourth-order valence-electron chi connectivity index (χ4n) is 1.28. The van der Waals surface area contributed by atoms with Gasteiger partial charge in [-0.1, -0.05) is 28.1 Å². The van der Waals surface area contributed by atoms with Crippen LogP contribution in [0.4, 0.5) is 13.2 Å². The van der Waals surface area contributed by atoms with Crippen LogP contribution in [-0.2, 0) is 6.42 Å². The fourth-order valence-corrected chi connectivity index (χ4v) is 1.73. The van der Waals surface area contributed by atoms with Gasteiger partial charge in [0.1, 0.15) is 0 Å². The lowest BCUT2D eigenvalue weighted by molar-refractivity contribution is -0.171. The van der Waals surface area contributed by atoms with E-state index in [1.165, 1.54) is 0 Å². The van der Waals surface area contributed by atoms with Gasteiger partial charge in [-0.15, -0.1) is 0 Å². The van der Waals surface area contributed by atoms with Crippen LogP contribution in [0.15, 0.2) is 28.7 Å².